The molecule has 5 nitrogen and oxygen atoms in total. The molecule has 0 radical (unpaired) electrons. The summed E-state index contributed by atoms with van der Waals surface area (Å²) in [7, 11) is 3.13. The van der Waals surface area contributed by atoms with Gasteiger partial charge in [0.25, 0.3) is 0 Å². The third-order valence-electron chi connectivity index (χ3n) is 3.87. The van der Waals surface area contributed by atoms with Crippen molar-refractivity contribution in [2.75, 3.05) is 19.5 Å². The van der Waals surface area contributed by atoms with Crippen LogP contribution in [0, 0.1) is 0 Å². The Balaban J connectivity index is 1.64. The van der Waals surface area contributed by atoms with Gasteiger partial charge in [0.05, 0.1) is 37.0 Å². The van der Waals surface area contributed by atoms with Gasteiger partial charge in [0.2, 0.25) is 5.91 Å². The summed E-state index contributed by atoms with van der Waals surface area (Å²) in [6, 6.07) is 12.9. The van der Waals surface area contributed by atoms with Crippen LogP contribution in [0.2, 0.25) is 5.02 Å². The number of anilines is 1. The maximum Gasteiger partial charge on any atom is 0.230 e. The van der Waals surface area contributed by atoms with Crippen LogP contribution in [0.5, 0.6) is 11.5 Å². The summed E-state index contributed by atoms with van der Waals surface area (Å²) < 4.78 is 10.5. The van der Waals surface area contributed by atoms with Crippen LogP contribution in [0.1, 0.15) is 16.3 Å². The lowest BCUT2D eigenvalue weighted by atomic mass is 10.2. The van der Waals surface area contributed by atoms with Crippen molar-refractivity contribution in [3.8, 4) is 11.5 Å². The molecule has 1 amide bonds. The highest BCUT2D eigenvalue weighted by atomic mass is 35.5. The Hall–Kier alpha value is -2.57. The minimum atomic E-state index is -0.166. The van der Waals surface area contributed by atoms with Gasteiger partial charge in [-0.15, -0.1) is 11.3 Å². The highest BCUT2D eigenvalue weighted by Crippen LogP contribution is 2.29. The Morgan fingerprint density at radius 2 is 2.04 bits per heavy atom. The number of hydrogen-bond acceptors (Lipinski definition) is 5. The van der Waals surface area contributed by atoms with Gasteiger partial charge < -0.3 is 14.8 Å². The first-order chi connectivity index (χ1) is 13.1. The number of methoxy groups -OCH3 is 2. The van der Waals surface area contributed by atoms with E-state index in [1.54, 1.807) is 32.4 Å². The standard InChI is InChI=1S/C20H19ClN2O3S/c1-25-16-6-7-18(26-2)17(11-16)23-19(24)10-15-12-27-20(22-15)9-13-4-3-5-14(21)8-13/h3-8,11-12H,9-10H2,1-2H3,(H,23,24). The van der Waals surface area contributed by atoms with Crippen molar-refractivity contribution in [1.82, 2.24) is 4.98 Å². The minimum absolute atomic E-state index is 0.166. The zero-order valence-corrected chi connectivity index (χ0v) is 16.6. The fraction of sp³-hybridized carbons (Fsp3) is 0.200. The van der Waals surface area contributed by atoms with Gasteiger partial charge in [0.15, 0.2) is 0 Å². The van der Waals surface area contributed by atoms with Crippen LogP contribution in [-0.2, 0) is 17.6 Å². The number of ether oxygens (including phenoxy) is 2. The van der Waals surface area contributed by atoms with Gasteiger partial charge in [-0.05, 0) is 29.8 Å². The Labute approximate surface area is 166 Å². The molecule has 0 atom stereocenters. The number of carbonyl (C=O) groups is 1. The summed E-state index contributed by atoms with van der Waals surface area (Å²) in [6.07, 6.45) is 0.878. The summed E-state index contributed by atoms with van der Waals surface area (Å²) in [4.78, 5) is 17.0. The molecule has 0 aliphatic heterocycles. The molecule has 0 bridgehead atoms. The number of nitrogens with one attached hydrogen (secondary N) is 1. The van der Waals surface area contributed by atoms with E-state index in [0.29, 0.717) is 28.6 Å². The number of amides is 1. The van der Waals surface area contributed by atoms with Crippen LogP contribution < -0.4 is 14.8 Å². The zero-order chi connectivity index (χ0) is 19.2. The van der Waals surface area contributed by atoms with Gasteiger partial charge in [-0.3, -0.25) is 4.79 Å². The van der Waals surface area contributed by atoms with E-state index in [-0.39, 0.29) is 12.3 Å². The van der Waals surface area contributed by atoms with E-state index in [9.17, 15) is 4.79 Å². The molecule has 0 fully saturated rings. The zero-order valence-electron chi connectivity index (χ0n) is 15.0. The Morgan fingerprint density at radius 3 is 2.78 bits per heavy atom. The molecule has 3 rings (SSSR count). The predicted octanol–water partition coefficient (Wildman–Crippen LogP) is 4.59. The molecule has 140 valence electrons. The third-order valence-corrected chi connectivity index (χ3v) is 5.00. The quantitative estimate of drug-likeness (QED) is 0.628. The first-order valence-corrected chi connectivity index (χ1v) is 9.52. The summed E-state index contributed by atoms with van der Waals surface area (Å²) in [6.45, 7) is 0. The molecule has 0 spiro atoms. The molecule has 1 N–H and O–H groups in total. The van der Waals surface area contributed by atoms with E-state index < -0.39 is 0 Å². The van der Waals surface area contributed by atoms with Crippen molar-refractivity contribution in [1.29, 1.82) is 0 Å². The van der Waals surface area contributed by atoms with E-state index in [4.69, 9.17) is 21.1 Å². The fourth-order valence-corrected chi connectivity index (χ4v) is 3.64. The smallest absolute Gasteiger partial charge is 0.230 e. The molecular weight excluding hydrogens is 384 g/mol. The summed E-state index contributed by atoms with van der Waals surface area (Å²) >= 11 is 7.55. The van der Waals surface area contributed by atoms with Gasteiger partial charge in [0, 0.05) is 22.9 Å². The van der Waals surface area contributed by atoms with E-state index in [2.05, 4.69) is 10.3 Å². The second-order valence-electron chi connectivity index (χ2n) is 5.83. The largest absolute Gasteiger partial charge is 0.497 e. The number of thiazole rings is 1. The van der Waals surface area contributed by atoms with Crippen LogP contribution in [-0.4, -0.2) is 25.1 Å². The first-order valence-electron chi connectivity index (χ1n) is 8.27. The highest BCUT2D eigenvalue weighted by molar-refractivity contribution is 7.09. The lowest BCUT2D eigenvalue weighted by Crippen LogP contribution is -2.15. The van der Waals surface area contributed by atoms with Gasteiger partial charge in [0.1, 0.15) is 11.5 Å². The van der Waals surface area contributed by atoms with Crippen LogP contribution in [0.15, 0.2) is 47.8 Å². The number of hydrogen-bond donors (Lipinski definition) is 1. The fourth-order valence-electron chi connectivity index (χ4n) is 2.60. The van der Waals surface area contributed by atoms with Crippen LogP contribution in [0.3, 0.4) is 0 Å². The number of carbonyl (C=O) groups excluding carboxylic acids is 1. The molecule has 0 aliphatic carbocycles. The summed E-state index contributed by atoms with van der Waals surface area (Å²) in [5.74, 6) is 1.05. The maximum absolute atomic E-state index is 12.4. The monoisotopic (exact) mass is 402 g/mol. The van der Waals surface area contributed by atoms with Crippen molar-refractivity contribution >= 4 is 34.5 Å². The van der Waals surface area contributed by atoms with Crippen molar-refractivity contribution in [2.24, 2.45) is 0 Å². The molecule has 3 aromatic rings. The summed E-state index contributed by atoms with van der Waals surface area (Å²) in [5.41, 5.74) is 2.39. The molecule has 0 saturated carbocycles. The normalized spacial score (nSPS) is 10.5. The van der Waals surface area contributed by atoms with Gasteiger partial charge in [-0.2, -0.15) is 0 Å². The summed E-state index contributed by atoms with van der Waals surface area (Å²) in [5, 5.41) is 6.41. The SMILES string of the molecule is COc1ccc(OC)c(NC(=O)Cc2csc(Cc3cccc(Cl)c3)n2)c1. The van der Waals surface area contributed by atoms with E-state index >= 15 is 0 Å². The van der Waals surface area contributed by atoms with Crippen molar-refractivity contribution in [3.05, 3.63) is 69.1 Å². The Kier molecular flexibility index (Phi) is 6.32. The predicted molar refractivity (Wildman–Crippen MR) is 108 cm³/mol. The van der Waals surface area contributed by atoms with Gasteiger partial charge >= 0.3 is 0 Å². The highest BCUT2D eigenvalue weighted by Gasteiger charge is 2.12. The second kappa shape index (κ2) is 8.88. The minimum Gasteiger partial charge on any atom is -0.497 e. The first kappa shape index (κ1) is 19.2. The molecule has 0 saturated heterocycles. The number of benzene rings is 2. The second-order valence-corrected chi connectivity index (χ2v) is 7.21. The maximum atomic E-state index is 12.4. The van der Waals surface area contributed by atoms with Crippen LogP contribution in [0.25, 0.3) is 0 Å². The lowest BCUT2D eigenvalue weighted by molar-refractivity contribution is -0.115. The van der Waals surface area contributed by atoms with Crippen molar-refractivity contribution < 1.29 is 14.3 Å². The van der Waals surface area contributed by atoms with E-state index in [0.717, 1.165) is 16.3 Å². The van der Waals surface area contributed by atoms with Gasteiger partial charge in [-0.1, -0.05) is 23.7 Å². The molecule has 0 aliphatic rings. The third kappa shape index (κ3) is 5.21. The number of halogens is 1. The van der Waals surface area contributed by atoms with E-state index in [1.807, 2.05) is 29.6 Å². The van der Waals surface area contributed by atoms with Crippen LogP contribution in [0.4, 0.5) is 5.69 Å². The molecule has 2 aromatic carbocycles. The molecule has 0 unspecified atom stereocenters. The molecule has 7 heteroatoms. The van der Waals surface area contributed by atoms with Crippen LogP contribution >= 0.6 is 22.9 Å². The Bertz CT molecular complexity index is 942. The average Bonchev–Trinajstić information content (AvgIpc) is 3.08. The molecule has 27 heavy (non-hydrogen) atoms. The molecule has 1 aromatic heterocycles. The number of nitrogens with zero attached hydrogens (tertiary/aromatic N) is 1. The number of aromatic nitrogens is 1. The molecular formula is C20H19ClN2O3S. The Morgan fingerprint density at radius 1 is 1.19 bits per heavy atom. The van der Waals surface area contributed by atoms with Crippen molar-refractivity contribution in [2.45, 2.75) is 12.8 Å². The number of rotatable bonds is 7. The topological polar surface area (TPSA) is 60.5 Å². The molecule has 1 heterocycles. The lowest BCUT2D eigenvalue weighted by Gasteiger charge is -2.11. The van der Waals surface area contributed by atoms with Crippen molar-refractivity contribution in [3.63, 3.8) is 0 Å². The van der Waals surface area contributed by atoms with E-state index in [1.165, 1.54) is 11.3 Å². The average molecular weight is 403 g/mol. The van der Waals surface area contributed by atoms with Gasteiger partial charge in [-0.25, -0.2) is 4.98 Å².